The Morgan fingerprint density at radius 3 is 2.55 bits per heavy atom. The quantitative estimate of drug-likeness (QED) is 0.431. The Bertz CT molecular complexity index is 1410. The van der Waals surface area contributed by atoms with Crippen LogP contribution in [0.3, 0.4) is 0 Å². The van der Waals surface area contributed by atoms with Gasteiger partial charge in [0.1, 0.15) is 0 Å². The van der Waals surface area contributed by atoms with E-state index in [0.29, 0.717) is 36.7 Å². The van der Waals surface area contributed by atoms with Crippen LogP contribution in [0.25, 0.3) is 11.2 Å². The largest absolute Gasteiger partial charge is 0.341 e. The van der Waals surface area contributed by atoms with E-state index in [4.69, 9.17) is 10.7 Å². The number of nitrogens with zero attached hydrogens (tertiary/aromatic N) is 4. The first-order valence-corrected chi connectivity index (χ1v) is 11.8. The molecule has 3 heterocycles. The van der Waals surface area contributed by atoms with Gasteiger partial charge in [0.25, 0.3) is 5.56 Å². The number of imidazole rings is 1. The van der Waals surface area contributed by atoms with E-state index in [1.807, 2.05) is 59.2 Å². The molecule has 33 heavy (non-hydrogen) atoms. The molecule has 3 N–H and O–H groups in total. The molecule has 1 aliphatic rings. The highest BCUT2D eigenvalue weighted by Gasteiger charge is 2.26. The zero-order valence-corrected chi connectivity index (χ0v) is 19.7. The van der Waals surface area contributed by atoms with Crippen molar-refractivity contribution in [2.45, 2.75) is 32.0 Å². The summed E-state index contributed by atoms with van der Waals surface area (Å²) in [5.41, 5.74) is 8.09. The van der Waals surface area contributed by atoms with Crippen molar-refractivity contribution in [2.24, 2.45) is 5.73 Å². The number of halogens is 1. The zero-order chi connectivity index (χ0) is 22.9. The van der Waals surface area contributed by atoms with Gasteiger partial charge in [0, 0.05) is 23.6 Å². The predicted molar refractivity (Wildman–Crippen MR) is 133 cm³/mol. The molecule has 5 rings (SSSR count). The lowest BCUT2D eigenvalue weighted by molar-refractivity contribution is 0.495. The van der Waals surface area contributed by atoms with Crippen LogP contribution in [0.1, 0.15) is 24.0 Å². The maximum atomic E-state index is 13.1. The molecule has 0 radical (unpaired) electrons. The van der Waals surface area contributed by atoms with E-state index >= 15 is 0 Å². The Kier molecular flexibility index (Phi) is 5.90. The van der Waals surface area contributed by atoms with Crippen molar-refractivity contribution in [3.63, 3.8) is 0 Å². The minimum atomic E-state index is -0.469. The SMILES string of the molecule is NC1CCCN(c2nc3c(c(=O)[nH]c(=O)n3Cc3ccccc3)n2Cc2ccccc2Br)C1. The second-order valence-corrected chi connectivity index (χ2v) is 9.30. The topological polar surface area (TPSA) is 102 Å². The number of anilines is 1. The molecule has 1 fully saturated rings. The fraction of sp³-hybridized carbons (Fsp3) is 0.292. The van der Waals surface area contributed by atoms with Crippen LogP contribution in [0.15, 0.2) is 68.7 Å². The van der Waals surface area contributed by atoms with Gasteiger partial charge >= 0.3 is 5.69 Å². The van der Waals surface area contributed by atoms with Gasteiger partial charge in [-0.25, -0.2) is 4.79 Å². The van der Waals surface area contributed by atoms with E-state index in [-0.39, 0.29) is 6.04 Å². The van der Waals surface area contributed by atoms with Crippen LogP contribution < -0.4 is 21.9 Å². The van der Waals surface area contributed by atoms with Crippen molar-refractivity contribution in [3.05, 3.63) is 91.0 Å². The minimum Gasteiger partial charge on any atom is -0.341 e. The van der Waals surface area contributed by atoms with Crippen molar-refractivity contribution in [1.82, 2.24) is 19.1 Å². The van der Waals surface area contributed by atoms with Gasteiger partial charge in [-0.05, 0) is 30.0 Å². The number of hydrogen-bond donors (Lipinski definition) is 2. The number of fused-ring (bicyclic) bond motifs is 1. The normalized spacial score (nSPS) is 16.4. The highest BCUT2D eigenvalue weighted by Crippen LogP contribution is 2.26. The van der Waals surface area contributed by atoms with E-state index in [1.165, 1.54) is 4.57 Å². The number of H-pyrrole nitrogens is 1. The number of piperidine rings is 1. The molecule has 1 aliphatic heterocycles. The smallest absolute Gasteiger partial charge is 0.330 e. The molecule has 0 spiro atoms. The summed E-state index contributed by atoms with van der Waals surface area (Å²) in [5, 5.41) is 0. The summed E-state index contributed by atoms with van der Waals surface area (Å²) in [6.07, 6.45) is 1.91. The third kappa shape index (κ3) is 4.26. The molecule has 8 nitrogen and oxygen atoms in total. The molecule has 170 valence electrons. The van der Waals surface area contributed by atoms with E-state index in [1.54, 1.807) is 0 Å². The number of nitrogens with two attached hydrogens (primary N) is 1. The molecular formula is C24H25BrN6O2. The van der Waals surface area contributed by atoms with Gasteiger partial charge in [-0.3, -0.25) is 18.9 Å². The molecule has 0 amide bonds. The third-order valence-electron chi connectivity index (χ3n) is 6.08. The Morgan fingerprint density at radius 1 is 1.03 bits per heavy atom. The van der Waals surface area contributed by atoms with Crippen LogP contribution in [0.4, 0.5) is 5.95 Å². The summed E-state index contributed by atoms with van der Waals surface area (Å²) in [5.74, 6) is 0.661. The van der Waals surface area contributed by atoms with E-state index in [2.05, 4.69) is 25.8 Å². The minimum absolute atomic E-state index is 0.0419. The van der Waals surface area contributed by atoms with Crippen LogP contribution in [-0.2, 0) is 13.1 Å². The Hall–Kier alpha value is -3.17. The molecule has 2 aromatic carbocycles. The van der Waals surface area contributed by atoms with Crippen molar-refractivity contribution in [1.29, 1.82) is 0 Å². The van der Waals surface area contributed by atoms with Crippen LogP contribution in [0, 0.1) is 0 Å². The molecule has 1 atom stereocenters. The summed E-state index contributed by atoms with van der Waals surface area (Å²) in [7, 11) is 0. The first-order valence-electron chi connectivity index (χ1n) is 11.0. The van der Waals surface area contributed by atoms with Crippen molar-refractivity contribution in [3.8, 4) is 0 Å². The van der Waals surface area contributed by atoms with Gasteiger partial charge in [-0.15, -0.1) is 0 Å². The molecule has 9 heteroatoms. The van der Waals surface area contributed by atoms with Gasteiger partial charge in [-0.2, -0.15) is 4.98 Å². The number of rotatable bonds is 5. The van der Waals surface area contributed by atoms with E-state index < -0.39 is 11.2 Å². The van der Waals surface area contributed by atoms with E-state index in [9.17, 15) is 9.59 Å². The first kappa shape index (κ1) is 21.7. The lowest BCUT2D eigenvalue weighted by Gasteiger charge is -2.32. The number of benzene rings is 2. The molecule has 0 aliphatic carbocycles. The Labute approximate surface area is 198 Å². The average Bonchev–Trinajstić information content (AvgIpc) is 3.18. The van der Waals surface area contributed by atoms with Crippen molar-refractivity contribution in [2.75, 3.05) is 18.0 Å². The maximum Gasteiger partial charge on any atom is 0.330 e. The maximum absolute atomic E-state index is 13.1. The lowest BCUT2D eigenvalue weighted by atomic mass is 10.1. The van der Waals surface area contributed by atoms with Gasteiger partial charge in [-0.1, -0.05) is 64.5 Å². The molecule has 2 aromatic heterocycles. The molecule has 1 saturated heterocycles. The van der Waals surface area contributed by atoms with Gasteiger partial charge in [0.2, 0.25) is 5.95 Å². The van der Waals surface area contributed by atoms with Crippen LogP contribution >= 0.6 is 15.9 Å². The second-order valence-electron chi connectivity index (χ2n) is 8.44. The highest BCUT2D eigenvalue weighted by molar-refractivity contribution is 9.10. The summed E-state index contributed by atoms with van der Waals surface area (Å²) in [4.78, 5) is 35.4. The monoisotopic (exact) mass is 508 g/mol. The molecule has 0 saturated carbocycles. The third-order valence-corrected chi connectivity index (χ3v) is 6.85. The summed E-state index contributed by atoms with van der Waals surface area (Å²) in [6.45, 7) is 2.21. The zero-order valence-electron chi connectivity index (χ0n) is 18.1. The number of nitrogens with one attached hydrogen (secondary N) is 1. The predicted octanol–water partition coefficient (Wildman–Crippen LogP) is 2.67. The van der Waals surface area contributed by atoms with Crippen LogP contribution in [-0.4, -0.2) is 38.2 Å². The molecule has 4 aromatic rings. The summed E-state index contributed by atoms with van der Waals surface area (Å²) in [6, 6.07) is 17.6. The van der Waals surface area contributed by atoms with Crippen molar-refractivity contribution >= 4 is 33.0 Å². The van der Waals surface area contributed by atoms with Gasteiger partial charge < -0.3 is 10.6 Å². The first-order chi connectivity index (χ1) is 16.0. The second kappa shape index (κ2) is 8.99. The highest BCUT2D eigenvalue weighted by atomic mass is 79.9. The average molecular weight is 509 g/mol. The molecular weight excluding hydrogens is 484 g/mol. The van der Waals surface area contributed by atoms with Gasteiger partial charge in [0.05, 0.1) is 13.1 Å². The molecule has 0 bridgehead atoms. The summed E-state index contributed by atoms with van der Waals surface area (Å²) < 4.78 is 4.39. The molecule has 1 unspecified atom stereocenters. The van der Waals surface area contributed by atoms with E-state index in [0.717, 1.165) is 35.0 Å². The Morgan fingerprint density at radius 2 is 1.79 bits per heavy atom. The lowest BCUT2D eigenvalue weighted by Crippen LogP contribution is -2.44. The fourth-order valence-electron chi connectivity index (χ4n) is 4.45. The number of aromatic amines is 1. The number of aromatic nitrogens is 4. The standard InChI is InChI=1S/C24H25BrN6O2/c25-19-11-5-4-9-17(19)14-30-20-21(27-23(30)29-12-6-10-18(26)15-29)31(24(33)28-22(20)32)13-16-7-2-1-3-8-16/h1-5,7-9,11,18H,6,10,12-15,26H2,(H,28,32,33). The van der Waals surface area contributed by atoms with Crippen LogP contribution in [0.5, 0.6) is 0 Å². The van der Waals surface area contributed by atoms with Crippen molar-refractivity contribution < 1.29 is 0 Å². The van der Waals surface area contributed by atoms with Gasteiger partial charge in [0.15, 0.2) is 11.2 Å². The fourth-order valence-corrected chi connectivity index (χ4v) is 4.86. The van der Waals surface area contributed by atoms with Crippen LogP contribution in [0.2, 0.25) is 0 Å². The summed E-state index contributed by atoms with van der Waals surface area (Å²) >= 11 is 3.62. The Balaban J connectivity index is 1.72. The number of hydrogen-bond acceptors (Lipinski definition) is 5.